The second kappa shape index (κ2) is 7.61. The normalized spacial score (nSPS) is 10.7. The van der Waals surface area contributed by atoms with Crippen molar-refractivity contribution < 1.29 is 27.9 Å². The number of amides is 3. The van der Waals surface area contributed by atoms with Crippen LogP contribution in [0.1, 0.15) is 12.8 Å². The van der Waals surface area contributed by atoms with E-state index in [-0.39, 0.29) is 25.9 Å². The van der Waals surface area contributed by atoms with Gasteiger partial charge >= 0.3 is 12.0 Å². The molecular formula is C8H15N3O6S. The average molecular weight is 281 g/mol. The summed E-state index contributed by atoms with van der Waals surface area (Å²) in [5, 5.41) is 12.4. The summed E-state index contributed by atoms with van der Waals surface area (Å²) in [5.74, 6) is -1.85. The van der Waals surface area contributed by atoms with Gasteiger partial charge < -0.3 is 10.4 Å². The van der Waals surface area contributed by atoms with Crippen LogP contribution in [0, 0.1) is 0 Å². The third kappa shape index (κ3) is 10.8. The topological polar surface area (TPSA) is 142 Å². The van der Waals surface area contributed by atoms with Crippen molar-refractivity contribution >= 4 is 27.9 Å². The van der Waals surface area contributed by atoms with E-state index in [0.717, 1.165) is 6.26 Å². The molecule has 0 radical (unpaired) electrons. The molecule has 0 rings (SSSR count). The Hall–Kier alpha value is -1.68. The Kier molecular flexibility index (Phi) is 6.90. The summed E-state index contributed by atoms with van der Waals surface area (Å²) in [5.41, 5.74) is 0. The Labute approximate surface area is 104 Å². The van der Waals surface area contributed by atoms with E-state index in [4.69, 9.17) is 5.11 Å². The fourth-order valence-electron chi connectivity index (χ4n) is 0.866. The first-order valence-corrected chi connectivity index (χ1v) is 6.84. The van der Waals surface area contributed by atoms with Gasteiger partial charge in [0.25, 0.3) is 0 Å². The van der Waals surface area contributed by atoms with Crippen molar-refractivity contribution in [3.8, 4) is 0 Å². The highest BCUT2D eigenvalue weighted by molar-refractivity contribution is 7.88. The molecule has 0 saturated carbocycles. The summed E-state index contributed by atoms with van der Waals surface area (Å²) in [6.45, 7) is 0.000678. The molecule has 0 aliphatic rings. The van der Waals surface area contributed by atoms with Gasteiger partial charge in [0.2, 0.25) is 15.9 Å². The molecule has 4 N–H and O–H groups in total. The monoisotopic (exact) mass is 281 g/mol. The van der Waals surface area contributed by atoms with Crippen LogP contribution in [0.3, 0.4) is 0 Å². The number of urea groups is 1. The van der Waals surface area contributed by atoms with Crippen LogP contribution in [-0.2, 0) is 19.6 Å². The lowest BCUT2D eigenvalue weighted by Crippen LogP contribution is -2.42. The zero-order valence-electron chi connectivity index (χ0n) is 9.73. The minimum absolute atomic E-state index is 0.00440. The third-order valence-corrected chi connectivity index (χ3v) is 2.32. The van der Waals surface area contributed by atoms with Crippen molar-refractivity contribution in [2.75, 3.05) is 19.3 Å². The van der Waals surface area contributed by atoms with Crippen molar-refractivity contribution in [3.05, 3.63) is 0 Å². The molecule has 0 aromatic carbocycles. The molecule has 0 heterocycles. The van der Waals surface area contributed by atoms with Crippen LogP contribution in [0.15, 0.2) is 0 Å². The van der Waals surface area contributed by atoms with Gasteiger partial charge in [0.15, 0.2) is 0 Å². The maximum absolute atomic E-state index is 11.1. The Morgan fingerprint density at radius 3 is 2.22 bits per heavy atom. The van der Waals surface area contributed by atoms with E-state index in [1.807, 2.05) is 5.32 Å². The van der Waals surface area contributed by atoms with E-state index in [1.165, 1.54) is 0 Å². The van der Waals surface area contributed by atoms with E-state index in [1.54, 1.807) is 0 Å². The second-order valence-electron chi connectivity index (χ2n) is 3.36. The molecule has 10 heteroatoms. The molecule has 0 saturated heterocycles. The molecular weight excluding hydrogens is 266 g/mol. The molecule has 104 valence electrons. The summed E-state index contributed by atoms with van der Waals surface area (Å²) in [7, 11) is -3.32. The molecule has 0 aromatic heterocycles. The number of carboxylic acid groups (broad SMARTS) is 1. The molecule has 3 amide bonds. The predicted molar refractivity (Wildman–Crippen MR) is 61.3 cm³/mol. The average Bonchev–Trinajstić information content (AvgIpc) is 2.20. The molecule has 0 aromatic rings. The Morgan fingerprint density at radius 1 is 1.11 bits per heavy atom. The van der Waals surface area contributed by atoms with Crippen LogP contribution in [0.25, 0.3) is 0 Å². The SMILES string of the molecule is CS(=O)(=O)NCCNC(=O)NC(=O)CCC(=O)O. The standard InChI is InChI=1S/C8H15N3O6S/c1-18(16,17)10-5-4-9-8(15)11-6(12)2-3-7(13)14/h10H,2-5H2,1H3,(H,13,14)(H2,9,11,12,15). The molecule has 0 unspecified atom stereocenters. The van der Waals surface area contributed by atoms with E-state index < -0.39 is 27.9 Å². The summed E-state index contributed by atoms with van der Waals surface area (Å²) < 4.78 is 23.4. The van der Waals surface area contributed by atoms with Crippen molar-refractivity contribution in [2.45, 2.75) is 12.8 Å². The van der Waals surface area contributed by atoms with Crippen molar-refractivity contribution in [3.63, 3.8) is 0 Å². The number of carbonyl (C=O) groups excluding carboxylic acids is 2. The number of carbonyl (C=O) groups is 3. The lowest BCUT2D eigenvalue weighted by atomic mass is 10.3. The zero-order valence-corrected chi connectivity index (χ0v) is 10.5. The number of aliphatic carboxylic acids is 1. The number of rotatable bonds is 7. The van der Waals surface area contributed by atoms with Gasteiger partial charge in [-0.3, -0.25) is 14.9 Å². The summed E-state index contributed by atoms with van der Waals surface area (Å²) in [6, 6.07) is -0.805. The van der Waals surface area contributed by atoms with Gasteiger partial charge in [-0.15, -0.1) is 0 Å². The van der Waals surface area contributed by atoms with Crippen LogP contribution in [-0.4, -0.2) is 50.8 Å². The van der Waals surface area contributed by atoms with Gasteiger partial charge in [-0.05, 0) is 0 Å². The Bertz CT molecular complexity index is 419. The van der Waals surface area contributed by atoms with Crippen molar-refractivity contribution in [1.29, 1.82) is 0 Å². The van der Waals surface area contributed by atoms with Gasteiger partial charge in [0.05, 0.1) is 12.7 Å². The van der Waals surface area contributed by atoms with Gasteiger partial charge in [-0.1, -0.05) is 0 Å². The lowest BCUT2D eigenvalue weighted by molar-refractivity contribution is -0.138. The highest BCUT2D eigenvalue weighted by Crippen LogP contribution is 1.87. The molecule has 0 aliphatic carbocycles. The van der Waals surface area contributed by atoms with Crippen molar-refractivity contribution in [1.82, 2.24) is 15.4 Å². The van der Waals surface area contributed by atoms with Crippen molar-refractivity contribution in [2.24, 2.45) is 0 Å². The summed E-state index contributed by atoms with van der Waals surface area (Å²) in [6.07, 6.45) is 0.307. The highest BCUT2D eigenvalue weighted by atomic mass is 32.2. The van der Waals surface area contributed by atoms with Crippen LogP contribution in [0.5, 0.6) is 0 Å². The Morgan fingerprint density at radius 2 is 1.72 bits per heavy atom. The van der Waals surface area contributed by atoms with E-state index in [9.17, 15) is 22.8 Å². The van der Waals surface area contributed by atoms with Crippen LogP contribution >= 0.6 is 0 Å². The number of imide groups is 1. The second-order valence-corrected chi connectivity index (χ2v) is 5.20. The van der Waals surface area contributed by atoms with Crippen LogP contribution < -0.4 is 15.4 Å². The number of carboxylic acids is 1. The zero-order chi connectivity index (χ0) is 14.2. The molecule has 0 aliphatic heterocycles. The number of hydrogen-bond acceptors (Lipinski definition) is 5. The van der Waals surface area contributed by atoms with Gasteiger partial charge in [-0.2, -0.15) is 0 Å². The van der Waals surface area contributed by atoms with E-state index in [0.29, 0.717) is 0 Å². The van der Waals surface area contributed by atoms with Crippen LogP contribution in [0.4, 0.5) is 4.79 Å². The molecule has 0 atom stereocenters. The predicted octanol–water partition coefficient (Wildman–Crippen LogP) is -1.77. The van der Waals surface area contributed by atoms with Gasteiger partial charge in [0.1, 0.15) is 0 Å². The molecule has 18 heavy (non-hydrogen) atoms. The molecule has 0 spiro atoms. The number of sulfonamides is 1. The van der Waals surface area contributed by atoms with E-state index in [2.05, 4.69) is 10.0 Å². The minimum Gasteiger partial charge on any atom is -0.481 e. The first kappa shape index (κ1) is 16.3. The highest BCUT2D eigenvalue weighted by Gasteiger charge is 2.09. The quantitative estimate of drug-likeness (QED) is 0.407. The number of nitrogens with one attached hydrogen (secondary N) is 3. The van der Waals surface area contributed by atoms with Gasteiger partial charge in [-0.25, -0.2) is 17.9 Å². The minimum atomic E-state index is -3.32. The lowest BCUT2D eigenvalue weighted by Gasteiger charge is -2.06. The third-order valence-electron chi connectivity index (χ3n) is 1.59. The first-order chi connectivity index (χ1) is 8.20. The fourth-order valence-corrected chi connectivity index (χ4v) is 1.34. The molecule has 0 fully saturated rings. The largest absolute Gasteiger partial charge is 0.481 e. The summed E-state index contributed by atoms with van der Waals surface area (Å²) in [4.78, 5) is 32.2. The maximum atomic E-state index is 11.1. The fraction of sp³-hybridized carbons (Fsp3) is 0.625. The molecule has 9 nitrogen and oxygen atoms in total. The van der Waals surface area contributed by atoms with E-state index >= 15 is 0 Å². The Balaban J connectivity index is 3.71. The van der Waals surface area contributed by atoms with Crippen LogP contribution in [0.2, 0.25) is 0 Å². The number of hydrogen-bond donors (Lipinski definition) is 4. The summed E-state index contributed by atoms with van der Waals surface area (Å²) >= 11 is 0. The molecule has 0 bridgehead atoms. The maximum Gasteiger partial charge on any atom is 0.321 e. The first-order valence-electron chi connectivity index (χ1n) is 4.95. The smallest absolute Gasteiger partial charge is 0.321 e. The van der Waals surface area contributed by atoms with Gasteiger partial charge in [0, 0.05) is 19.5 Å².